The Balaban J connectivity index is 1.51. The molecule has 2 aromatic carbocycles. The first-order valence-corrected chi connectivity index (χ1v) is 9.43. The number of amides is 2. The van der Waals surface area contributed by atoms with Gasteiger partial charge in [-0.2, -0.15) is 5.10 Å². The molecule has 0 bridgehead atoms. The van der Waals surface area contributed by atoms with Crippen LogP contribution < -0.4 is 5.43 Å². The molecule has 1 aliphatic rings. The van der Waals surface area contributed by atoms with E-state index >= 15 is 0 Å². The zero-order chi connectivity index (χ0) is 19.2. The number of hydrogen-bond acceptors (Lipinski definition) is 3. The van der Waals surface area contributed by atoms with Crippen LogP contribution >= 0.6 is 23.2 Å². The molecule has 1 saturated heterocycles. The molecule has 27 heavy (non-hydrogen) atoms. The minimum absolute atomic E-state index is 0.00285. The van der Waals surface area contributed by atoms with Gasteiger partial charge in [0.1, 0.15) is 0 Å². The van der Waals surface area contributed by atoms with Crippen molar-refractivity contribution < 1.29 is 9.59 Å². The maximum Gasteiger partial charge on any atom is 0.253 e. The van der Waals surface area contributed by atoms with Crippen LogP contribution in [0.4, 0.5) is 0 Å². The second-order valence-corrected chi connectivity index (χ2v) is 7.09. The van der Waals surface area contributed by atoms with Gasteiger partial charge in [-0.3, -0.25) is 9.59 Å². The number of carbonyl (C=O) groups is 2. The minimum atomic E-state index is -0.170. The summed E-state index contributed by atoms with van der Waals surface area (Å²) in [7, 11) is 0. The molecule has 1 heterocycles. The van der Waals surface area contributed by atoms with Crippen molar-refractivity contribution in [2.75, 3.05) is 13.1 Å². The zero-order valence-corrected chi connectivity index (χ0v) is 16.1. The van der Waals surface area contributed by atoms with Crippen molar-refractivity contribution in [2.45, 2.75) is 12.8 Å². The molecule has 0 aliphatic carbocycles. The van der Waals surface area contributed by atoms with Gasteiger partial charge in [0.2, 0.25) is 5.91 Å². The van der Waals surface area contributed by atoms with E-state index in [1.165, 1.54) is 6.21 Å². The summed E-state index contributed by atoms with van der Waals surface area (Å²) in [6.07, 6.45) is 2.69. The van der Waals surface area contributed by atoms with Crippen molar-refractivity contribution >= 4 is 41.2 Å². The summed E-state index contributed by atoms with van der Waals surface area (Å²) in [6.45, 7) is 1.10. The van der Waals surface area contributed by atoms with Crippen LogP contribution in [0.5, 0.6) is 0 Å². The Bertz CT molecular complexity index is 848. The zero-order valence-electron chi connectivity index (χ0n) is 14.6. The Morgan fingerprint density at radius 2 is 1.74 bits per heavy atom. The Morgan fingerprint density at radius 3 is 2.44 bits per heavy atom. The summed E-state index contributed by atoms with van der Waals surface area (Å²) < 4.78 is 0. The quantitative estimate of drug-likeness (QED) is 0.619. The lowest BCUT2D eigenvalue weighted by molar-refractivity contribution is -0.126. The predicted octanol–water partition coefficient (Wildman–Crippen LogP) is 4.00. The highest BCUT2D eigenvalue weighted by atomic mass is 35.5. The number of carbonyl (C=O) groups excluding carboxylic acids is 2. The fourth-order valence-corrected chi connectivity index (χ4v) is 3.34. The molecule has 2 aromatic rings. The van der Waals surface area contributed by atoms with E-state index in [9.17, 15) is 9.59 Å². The van der Waals surface area contributed by atoms with Gasteiger partial charge in [0, 0.05) is 30.1 Å². The Kier molecular flexibility index (Phi) is 6.48. The first-order valence-electron chi connectivity index (χ1n) is 8.67. The van der Waals surface area contributed by atoms with Crippen LogP contribution in [0.25, 0.3) is 0 Å². The summed E-state index contributed by atoms with van der Waals surface area (Å²) in [5.74, 6) is -0.323. The van der Waals surface area contributed by atoms with Crippen LogP contribution in [0.3, 0.4) is 0 Å². The fourth-order valence-electron chi connectivity index (χ4n) is 2.98. The highest BCUT2D eigenvalue weighted by molar-refractivity contribution is 6.43. The summed E-state index contributed by atoms with van der Waals surface area (Å²) in [5, 5.41) is 4.80. The van der Waals surface area contributed by atoms with E-state index in [4.69, 9.17) is 23.2 Å². The first-order chi connectivity index (χ1) is 13.1. The van der Waals surface area contributed by atoms with Crippen molar-refractivity contribution in [1.29, 1.82) is 0 Å². The van der Waals surface area contributed by atoms with Crippen molar-refractivity contribution in [3.8, 4) is 0 Å². The number of nitrogens with zero attached hydrogens (tertiary/aromatic N) is 2. The maximum atomic E-state index is 12.4. The largest absolute Gasteiger partial charge is 0.339 e. The molecule has 0 atom stereocenters. The first kappa shape index (κ1) is 19.4. The van der Waals surface area contributed by atoms with E-state index in [0.717, 1.165) is 0 Å². The standard InChI is InChI=1S/C20H19Cl2N3O2/c21-17-8-4-7-16(18(17)22)13-23-24-19(26)14-9-11-25(12-10-14)20(27)15-5-2-1-3-6-15/h1-8,13-14H,9-12H2,(H,24,26)/b23-13-. The summed E-state index contributed by atoms with van der Waals surface area (Å²) in [6, 6.07) is 14.4. The molecule has 0 saturated carbocycles. The molecule has 7 heteroatoms. The molecule has 0 radical (unpaired) electrons. The highest BCUT2D eigenvalue weighted by Crippen LogP contribution is 2.24. The lowest BCUT2D eigenvalue weighted by Gasteiger charge is -2.31. The second-order valence-electron chi connectivity index (χ2n) is 6.31. The molecule has 3 rings (SSSR count). The predicted molar refractivity (Wildman–Crippen MR) is 107 cm³/mol. The van der Waals surface area contributed by atoms with Crippen molar-refractivity contribution in [3.63, 3.8) is 0 Å². The molecule has 0 spiro atoms. The van der Waals surface area contributed by atoms with Crippen LogP contribution in [0.1, 0.15) is 28.8 Å². The van der Waals surface area contributed by atoms with Crippen LogP contribution in [-0.2, 0) is 4.79 Å². The van der Waals surface area contributed by atoms with Crippen molar-refractivity contribution in [2.24, 2.45) is 11.0 Å². The van der Waals surface area contributed by atoms with E-state index < -0.39 is 0 Å². The van der Waals surface area contributed by atoms with Crippen LogP contribution in [0, 0.1) is 5.92 Å². The van der Waals surface area contributed by atoms with E-state index in [0.29, 0.717) is 47.1 Å². The summed E-state index contributed by atoms with van der Waals surface area (Å²) >= 11 is 12.0. The second kappa shape index (κ2) is 9.02. The van der Waals surface area contributed by atoms with Crippen LogP contribution in [0.15, 0.2) is 53.6 Å². The molecule has 2 amide bonds. The Morgan fingerprint density at radius 1 is 1.04 bits per heavy atom. The molecule has 140 valence electrons. The number of nitrogens with one attached hydrogen (secondary N) is 1. The SMILES string of the molecule is O=C(N/N=C\c1cccc(Cl)c1Cl)C1CCN(C(=O)c2ccccc2)CC1. The summed E-state index contributed by atoms with van der Waals surface area (Å²) in [4.78, 5) is 26.5. The molecule has 0 aromatic heterocycles. The van der Waals surface area contributed by atoms with E-state index in [-0.39, 0.29) is 17.7 Å². The Hall–Kier alpha value is -2.37. The van der Waals surface area contributed by atoms with E-state index in [1.54, 1.807) is 35.2 Å². The molecule has 1 fully saturated rings. The Labute approximate surface area is 168 Å². The molecule has 1 N–H and O–H groups in total. The third kappa shape index (κ3) is 4.87. The number of likely N-dealkylation sites (tertiary alicyclic amines) is 1. The minimum Gasteiger partial charge on any atom is -0.339 e. The van der Waals surface area contributed by atoms with Gasteiger partial charge in [0.25, 0.3) is 5.91 Å². The van der Waals surface area contributed by atoms with Gasteiger partial charge in [-0.25, -0.2) is 5.43 Å². The topological polar surface area (TPSA) is 61.8 Å². The number of rotatable bonds is 4. The lowest BCUT2D eigenvalue weighted by atomic mass is 9.95. The molecule has 5 nitrogen and oxygen atoms in total. The third-order valence-electron chi connectivity index (χ3n) is 4.53. The van der Waals surface area contributed by atoms with Gasteiger partial charge in [-0.15, -0.1) is 0 Å². The number of hydrogen-bond donors (Lipinski definition) is 1. The summed E-state index contributed by atoms with van der Waals surface area (Å²) in [5.41, 5.74) is 3.85. The van der Waals surface area contributed by atoms with Gasteiger partial charge in [0.05, 0.1) is 16.3 Å². The van der Waals surface area contributed by atoms with Crippen molar-refractivity contribution in [1.82, 2.24) is 10.3 Å². The normalized spacial score (nSPS) is 15.1. The van der Waals surface area contributed by atoms with Crippen LogP contribution in [0.2, 0.25) is 10.0 Å². The van der Waals surface area contributed by atoms with Gasteiger partial charge in [0.15, 0.2) is 0 Å². The number of piperidine rings is 1. The third-order valence-corrected chi connectivity index (χ3v) is 5.37. The highest BCUT2D eigenvalue weighted by Gasteiger charge is 2.27. The molecular weight excluding hydrogens is 385 g/mol. The fraction of sp³-hybridized carbons (Fsp3) is 0.250. The molecule has 0 unspecified atom stereocenters. The smallest absolute Gasteiger partial charge is 0.253 e. The van der Waals surface area contributed by atoms with Crippen molar-refractivity contribution in [3.05, 3.63) is 69.7 Å². The molecular formula is C20H19Cl2N3O2. The monoisotopic (exact) mass is 403 g/mol. The van der Waals surface area contributed by atoms with E-state index in [2.05, 4.69) is 10.5 Å². The number of halogens is 2. The van der Waals surface area contributed by atoms with Gasteiger partial charge in [-0.05, 0) is 31.0 Å². The van der Waals surface area contributed by atoms with Gasteiger partial charge >= 0.3 is 0 Å². The van der Waals surface area contributed by atoms with Gasteiger partial charge < -0.3 is 4.90 Å². The number of hydrazone groups is 1. The van der Waals surface area contributed by atoms with Crippen LogP contribution in [-0.4, -0.2) is 36.0 Å². The average molecular weight is 404 g/mol. The van der Waals surface area contributed by atoms with Gasteiger partial charge in [-0.1, -0.05) is 53.5 Å². The van der Waals surface area contributed by atoms with E-state index in [1.807, 2.05) is 18.2 Å². The maximum absolute atomic E-state index is 12.4. The number of benzene rings is 2. The molecule has 1 aliphatic heterocycles. The lowest BCUT2D eigenvalue weighted by Crippen LogP contribution is -2.42. The average Bonchev–Trinajstić information content (AvgIpc) is 2.71.